The number of carbonyl (C=O) groups is 1. The van der Waals surface area contributed by atoms with Crippen LogP contribution in [0.5, 0.6) is 5.75 Å². The van der Waals surface area contributed by atoms with Gasteiger partial charge < -0.3 is 10.1 Å². The summed E-state index contributed by atoms with van der Waals surface area (Å²) >= 11 is 1.31. The van der Waals surface area contributed by atoms with Gasteiger partial charge >= 0.3 is 0 Å². The second-order valence-electron chi connectivity index (χ2n) is 7.13. The van der Waals surface area contributed by atoms with Gasteiger partial charge in [-0.3, -0.25) is 4.79 Å². The van der Waals surface area contributed by atoms with Crippen LogP contribution in [0.3, 0.4) is 0 Å². The van der Waals surface area contributed by atoms with Gasteiger partial charge in [-0.05, 0) is 54.3 Å². The zero-order valence-electron chi connectivity index (χ0n) is 16.7. The molecule has 27 heavy (non-hydrogen) atoms. The van der Waals surface area contributed by atoms with Gasteiger partial charge in [-0.2, -0.15) is 4.68 Å². The highest BCUT2D eigenvalue weighted by Gasteiger charge is 2.16. The van der Waals surface area contributed by atoms with E-state index in [2.05, 4.69) is 34.7 Å². The van der Waals surface area contributed by atoms with Crippen molar-refractivity contribution >= 4 is 17.7 Å². The van der Waals surface area contributed by atoms with E-state index < -0.39 is 0 Å². The Bertz CT molecular complexity index is 747. The molecule has 0 aliphatic heterocycles. The molecule has 1 amide bonds. The number of nitrogens with one attached hydrogen (secondary N) is 1. The van der Waals surface area contributed by atoms with Crippen LogP contribution in [0.15, 0.2) is 23.4 Å². The van der Waals surface area contributed by atoms with E-state index in [1.807, 2.05) is 32.0 Å². The number of thioether (sulfide) groups is 1. The van der Waals surface area contributed by atoms with E-state index in [1.54, 1.807) is 11.8 Å². The molecule has 148 valence electrons. The maximum atomic E-state index is 12.2. The maximum Gasteiger partial charge on any atom is 0.230 e. The van der Waals surface area contributed by atoms with Gasteiger partial charge in [0.05, 0.1) is 12.9 Å². The molecular formula is C19H29N5O2S. The summed E-state index contributed by atoms with van der Waals surface area (Å²) in [6.07, 6.45) is 3.30. The van der Waals surface area contributed by atoms with Gasteiger partial charge in [0.2, 0.25) is 11.1 Å². The monoisotopic (exact) mass is 391 g/mol. The number of ether oxygens (including phenoxy) is 1. The molecule has 0 saturated carbocycles. The molecule has 1 atom stereocenters. The Labute approximate surface area is 165 Å². The molecule has 7 nitrogen and oxygen atoms in total. The Morgan fingerprint density at radius 1 is 1.30 bits per heavy atom. The van der Waals surface area contributed by atoms with Crippen LogP contribution in [0.4, 0.5) is 0 Å². The minimum atomic E-state index is -0.0113. The van der Waals surface area contributed by atoms with Crippen molar-refractivity contribution in [2.24, 2.45) is 5.92 Å². The third-order valence-electron chi connectivity index (χ3n) is 4.16. The number of aryl methyl sites for hydroxylation is 1. The molecule has 1 aromatic carbocycles. The molecule has 8 heteroatoms. The smallest absolute Gasteiger partial charge is 0.230 e. The second-order valence-corrected chi connectivity index (χ2v) is 8.07. The number of benzene rings is 1. The molecule has 0 fully saturated rings. The molecule has 1 aromatic heterocycles. The highest BCUT2D eigenvalue weighted by Crippen LogP contribution is 2.26. The zero-order valence-corrected chi connectivity index (χ0v) is 17.5. The molecule has 2 aromatic rings. The third-order valence-corrected chi connectivity index (χ3v) is 5.08. The number of amides is 1. The quantitative estimate of drug-likeness (QED) is 0.625. The normalized spacial score (nSPS) is 12.2. The fourth-order valence-corrected chi connectivity index (χ4v) is 3.43. The molecular weight excluding hydrogens is 362 g/mol. The lowest BCUT2D eigenvalue weighted by Crippen LogP contribution is -2.33. The average molecular weight is 392 g/mol. The lowest BCUT2D eigenvalue weighted by molar-refractivity contribution is -0.119. The van der Waals surface area contributed by atoms with Crippen LogP contribution in [-0.4, -0.2) is 45.0 Å². The molecule has 0 aliphatic rings. The van der Waals surface area contributed by atoms with E-state index in [9.17, 15) is 4.79 Å². The van der Waals surface area contributed by atoms with Crippen LogP contribution >= 0.6 is 11.8 Å². The van der Waals surface area contributed by atoms with Crippen LogP contribution in [0.2, 0.25) is 0 Å². The summed E-state index contributed by atoms with van der Waals surface area (Å²) in [5.74, 6) is 1.63. The van der Waals surface area contributed by atoms with Gasteiger partial charge in [0.1, 0.15) is 11.4 Å². The molecule has 2 rings (SSSR count). The second kappa shape index (κ2) is 10.3. The summed E-state index contributed by atoms with van der Waals surface area (Å²) in [4.78, 5) is 12.2. The SMILES string of the molecule is COc1ccc(C)cc1-n1nnnc1SCC(=O)NC(C)CCCC(C)C. The van der Waals surface area contributed by atoms with Gasteiger partial charge in [-0.25, -0.2) is 0 Å². The van der Waals surface area contributed by atoms with Gasteiger partial charge in [0.15, 0.2) is 0 Å². The lowest BCUT2D eigenvalue weighted by atomic mass is 10.0. The first-order chi connectivity index (χ1) is 12.9. The van der Waals surface area contributed by atoms with Crippen molar-refractivity contribution in [3.05, 3.63) is 23.8 Å². The number of aromatic nitrogens is 4. The summed E-state index contributed by atoms with van der Waals surface area (Å²) in [7, 11) is 1.61. The number of methoxy groups -OCH3 is 1. The highest BCUT2D eigenvalue weighted by molar-refractivity contribution is 7.99. The molecule has 1 heterocycles. The largest absolute Gasteiger partial charge is 0.494 e. The zero-order chi connectivity index (χ0) is 19.8. The summed E-state index contributed by atoms with van der Waals surface area (Å²) in [5, 5.41) is 15.5. The van der Waals surface area contributed by atoms with E-state index in [4.69, 9.17) is 4.74 Å². The third kappa shape index (κ3) is 6.53. The molecule has 0 aliphatic carbocycles. The number of hydrogen-bond acceptors (Lipinski definition) is 6. The molecule has 0 saturated heterocycles. The fraction of sp³-hybridized carbons (Fsp3) is 0.579. The number of carbonyl (C=O) groups excluding carboxylic acids is 1. The fourth-order valence-electron chi connectivity index (χ4n) is 2.74. The summed E-state index contributed by atoms with van der Waals surface area (Å²) in [6, 6.07) is 5.97. The van der Waals surface area contributed by atoms with Crippen molar-refractivity contribution in [3.8, 4) is 11.4 Å². The minimum Gasteiger partial charge on any atom is -0.494 e. The molecule has 1 N–H and O–H groups in total. The van der Waals surface area contributed by atoms with Crippen molar-refractivity contribution in [1.82, 2.24) is 25.5 Å². The van der Waals surface area contributed by atoms with Crippen molar-refractivity contribution in [1.29, 1.82) is 0 Å². The van der Waals surface area contributed by atoms with Crippen molar-refractivity contribution < 1.29 is 9.53 Å². The van der Waals surface area contributed by atoms with Crippen LogP contribution in [0, 0.1) is 12.8 Å². The van der Waals surface area contributed by atoms with Crippen molar-refractivity contribution in [2.45, 2.75) is 58.2 Å². The summed E-state index contributed by atoms with van der Waals surface area (Å²) < 4.78 is 7.01. The van der Waals surface area contributed by atoms with Gasteiger partial charge in [0, 0.05) is 6.04 Å². The van der Waals surface area contributed by atoms with Crippen LogP contribution in [0.1, 0.15) is 45.6 Å². The predicted molar refractivity (Wildman–Crippen MR) is 107 cm³/mol. The van der Waals surface area contributed by atoms with Crippen LogP contribution < -0.4 is 10.1 Å². The first-order valence-electron chi connectivity index (χ1n) is 9.26. The minimum absolute atomic E-state index is 0.0113. The Morgan fingerprint density at radius 3 is 2.78 bits per heavy atom. The number of nitrogens with zero attached hydrogens (tertiary/aromatic N) is 4. The molecule has 0 radical (unpaired) electrons. The standard InChI is InChI=1S/C19H29N5O2S/c1-13(2)7-6-8-15(4)20-18(25)12-27-19-21-22-23-24(19)16-11-14(3)9-10-17(16)26-5/h9-11,13,15H,6-8,12H2,1-5H3,(H,20,25). The number of rotatable bonds is 10. The molecule has 1 unspecified atom stereocenters. The Morgan fingerprint density at radius 2 is 2.07 bits per heavy atom. The summed E-state index contributed by atoms with van der Waals surface area (Å²) in [6.45, 7) is 8.47. The first-order valence-corrected chi connectivity index (χ1v) is 10.2. The topological polar surface area (TPSA) is 81.9 Å². The Balaban J connectivity index is 1.93. The average Bonchev–Trinajstić information content (AvgIpc) is 3.08. The van der Waals surface area contributed by atoms with E-state index in [0.717, 1.165) is 24.1 Å². The Kier molecular flexibility index (Phi) is 8.09. The summed E-state index contributed by atoms with van der Waals surface area (Å²) in [5.41, 5.74) is 1.83. The molecule has 0 spiro atoms. The first kappa shape index (κ1) is 21.2. The van der Waals surface area contributed by atoms with E-state index >= 15 is 0 Å². The predicted octanol–water partition coefficient (Wildman–Crippen LogP) is 3.40. The van der Waals surface area contributed by atoms with E-state index in [-0.39, 0.29) is 17.7 Å². The van der Waals surface area contributed by atoms with Crippen LogP contribution in [-0.2, 0) is 4.79 Å². The van der Waals surface area contributed by atoms with Crippen molar-refractivity contribution in [2.75, 3.05) is 12.9 Å². The van der Waals surface area contributed by atoms with Crippen molar-refractivity contribution in [3.63, 3.8) is 0 Å². The highest BCUT2D eigenvalue weighted by atomic mass is 32.2. The van der Waals surface area contributed by atoms with E-state index in [1.165, 1.54) is 18.2 Å². The number of tetrazole rings is 1. The van der Waals surface area contributed by atoms with Gasteiger partial charge in [-0.1, -0.05) is 44.5 Å². The number of hydrogen-bond donors (Lipinski definition) is 1. The Hall–Kier alpha value is -2.09. The van der Waals surface area contributed by atoms with Crippen LogP contribution in [0.25, 0.3) is 5.69 Å². The molecule has 0 bridgehead atoms. The maximum absolute atomic E-state index is 12.2. The van der Waals surface area contributed by atoms with Gasteiger partial charge in [-0.15, -0.1) is 5.10 Å². The van der Waals surface area contributed by atoms with E-state index in [0.29, 0.717) is 16.8 Å². The van der Waals surface area contributed by atoms with Gasteiger partial charge in [0.25, 0.3) is 0 Å². The lowest BCUT2D eigenvalue weighted by Gasteiger charge is -2.14.